The Kier molecular flexibility index (Phi) is 3.02. The van der Waals surface area contributed by atoms with E-state index in [2.05, 4.69) is 15.0 Å². The highest BCUT2D eigenvalue weighted by Crippen LogP contribution is 2.30. The molecule has 0 saturated heterocycles. The van der Waals surface area contributed by atoms with Crippen LogP contribution in [0.1, 0.15) is 17.1 Å². The topological polar surface area (TPSA) is 38.7 Å². The third-order valence-electron chi connectivity index (χ3n) is 2.58. The summed E-state index contributed by atoms with van der Waals surface area (Å²) in [4.78, 5) is 11.0. The van der Waals surface area contributed by atoms with Crippen molar-refractivity contribution in [2.24, 2.45) is 0 Å². The molecule has 0 aliphatic heterocycles. The lowest BCUT2D eigenvalue weighted by Gasteiger charge is -2.11. The highest BCUT2D eigenvalue weighted by molar-refractivity contribution is 5.62. The number of rotatable bonds is 1. The second-order valence-electron chi connectivity index (χ2n) is 3.85. The predicted molar refractivity (Wildman–Crippen MR) is 59.7 cm³/mol. The number of aromatic nitrogens is 3. The molecule has 94 valence electrons. The molecule has 0 unspecified atom stereocenters. The number of aryl methyl sites for hydroxylation is 1. The van der Waals surface area contributed by atoms with Crippen LogP contribution in [0.25, 0.3) is 11.3 Å². The Morgan fingerprint density at radius 3 is 2.39 bits per heavy atom. The van der Waals surface area contributed by atoms with Crippen molar-refractivity contribution in [3.8, 4) is 11.3 Å². The van der Waals surface area contributed by atoms with Crippen LogP contribution in [0.15, 0.2) is 24.5 Å². The summed E-state index contributed by atoms with van der Waals surface area (Å²) in [6.45, 7) is 3.23. The van der Waals surface area contributed by atoms with Crippen LogP contribution in [-0.4, -0.2) is 15.0 Å². The van der Waals surface area contributed by atoms with Gasteiger partial charge < -0.3 is 0 Å². The van der Waals surface area contributed by atoms with Gasteiger partial charge in [0, 0.05) is 23.7 Å². The summed E-state index contributed by atoms with van der Waals surface area (Å²) in [6.07, 6.45) is -1.51. The highest BCUT2D eigenvalue weighted by atomic mass is 19.4. The third-order valence-corrected chi connectivity index (χ3v) is 2.58. The molecule has 2 aromatic rings. The fraction of sp³-hybridized carbons (Fsp3) is 0.250. The second kappa shape index (κ2) is 4.36. The molecule has 0 aliphatic rings. The summed E-state index contributed by atoms with van der Waals surface area (Å²) in [5.41, 5.74) is 1.75. The van der Waals surface area contributed by atoms with Crippen LogP contribution in [0, 0.1) is 13.8 Å². The molecule has 0 N–H and O–H groups in total. The quantitative estimate of drug-likeness (QED) is 0.783. The molecule has 18 heavy (non-hydrogen) atoms. The van der Waals surface area contributed by atoms with E-state index in [1.54, 1.807) is 25.3 Å². The van der Waals surface area contributed by atoms with Gasteiger partial charge in [0.25, 0.3) is 0 Å². The minimum atomic E-state index is -4.55. The van der Waals surface area contributed by atoms with E-state index in [4.69, 9.17) is 0 Å². The molecule has 0 fully saturated rings. The molecule has 3 nitrogen and oxygen atoms in total. The molecular weight excluding hydrogens is 243 g/mol. The summed E-state index contributed by atoms with van der Waals surface area (Å²) < 4.78 is 38.0. The molecule has 2 rings (SSSR count). The zero-order valence-corrected chi connectivity index (χ0v) is 9.78. The van der Waals surface area contributed by atoms with Gasteiger partial charge in [-0.25, -0.2) is 9.97 Å². The lowest BCUT2D eigenvalue weighted by Crippen LogP contribution is -2.13. The number of nitrogens with zero attached hydrogens (tertiary/aromatic N) is 3. The first-order chi connectivity index (χ1) is 8.39. The van der Waals surface area contributed by atoms with Crippen molar-refractivity contribution in [3.63, 3.8) is 0 Å². The van der Waals surface area contributed by atoms with Crippen LogP contribution < -0.4 is 0 Å². The normalized spacial score (nSPS) is 11.6. The Bertz CT molecular complexity index is 565. The number of alkyl halides is 3. The van der Waals surface area contributed by atoms with E-state index in [0.29, 0.717) is 16.8 Å². The van der Waals surface area contributed by atoms with Gasteiger partial charge in [-0.15, -0.1) is 0 Å². The van der Waals surface area contributed by atoms with Gasteiger partial charge in [-0.3, -0.25) is 4.98 Å². The maximum absolute atomic E-state index is 12.7. The van der Waals surface area contributed by atoms with Crippen LogP contribution in [-0.2, 0) is 6.18 Å². The molecule has 2 heterocycles. The Labute approximate surface area is 102 Å². The second-order valence-corrected chi connectivity index (χ2v) is 3.85. The Morgan fingerprint density at radius 1 is 1.11 bits per heavy atom. The molecule has 0 radical (unpaired) electrons. The Morgan fingerprint density at radius 2 is 1.83 bits per heavy atom. The molecule has 0 spiro atoms. The minimum Gasteiger partial charge on any atom is -0.264 e. The van der Waals surface area contributed by atoms with Crippen LogP contribution >= 0.6 is 0 Å². The van der Waals surface area contributed by atoms with Crippen molar-refractivity contribution in [3.05, 3.63) is 41.6 Å². The molecule has 0 atom stereocenters. The van der Waals surface area contributed by atoms with Crippen molar-refractivity contribution >= 4 is 0 Å². The van der Waals surface area contributed by atoms with Crippen LogP contribution in [0.4, 0.5) is 13.2 Å². The molecular formula is C12H10F3N3. The number of pyridine rings is 1. The van der Waals surface area contributed by atoms with Gasteiger partial charge in [0.15, 0.2) is 0 Å². The maximum Gasteiger partial charge on any atom is 0.451 e. The molecule has 0 saturated carbocycles. The highest BCUT2D eigenvalue weighted by Gasteiger charge is 2.35. The van der Waals surface area contributed by atoms with Gasteiger partial charge in [-0.05, 0) is 31.5 Å². The average Bonchev–Trinajstić information content (AvgIpc) is 2.32. The van der Waals surface area contributed by atoms with E-state index in [1.165, 1.54) is 13.1 Å². The van der Waals surface area contributed by atoms with E-state index < -0.39 is 12.0 Å². The van der Waals surface area contributed by atoms with Crippen LogP contribution in [0.5, 0.6) is 0 Å². The van der Waals surface area contributed by atoms with Crippen molar-refractivity contribution in [2.45, 2.75) is 20.0 Å². The lowest BCUT2D eigenvalue weighted by atomic mass is 10.1. The Hall–Kier alpha value is -1.98. The third kappa shape index (κ3) is 2.32. The van der Waals surface area contributed by atoms with Gasteiger partial charge >= 0.3 is 6.18 Å². The first kappa shape index (κ1) is 12.5. The maximum atomic E-state index is 12.7. The lowest BCUT2D eigenvalue weighted by molar-refractivity contribution is -0.145. The monoisotopic (exact) mass is 253 g/mol. The van der Waals surface area contributed by atoms with Crippen molar-refractivity contribution in [1.82, 2.24) is 15.0 Å². The summed E-state index contributed by atoms with van der Waals surface area (Å²) >= 11 is 0. The van der Waals surface area contributed by atoms with Crippen LogP contribution in [0.3, 0.4) is 0 Å². The summed E-state index contributed by atoms with van der Waals surface area (Å²) in [5, 5.41) is 0. The van der Waals surface area contributed by atoms with E-state index >= 15 is 0 Å². The summed E-state index contributed by atoms with van der Waals surface area (Å²) in [7, 11) is 0. The van der Waals surface area contributed by atoms with Gasteiger partial charge in [0.05, 0.1) is 5.69 Å². The van der Waals surface area contributed by atoms with Gasteiger partial charge in [-0.1, -0.05) is 0 Å². The molecule has 0 aliphatic carbocycles. The smallest absolute Gasteiger partial charge is 0.264 e. The zero-order chi connectivity index (χ0) is 13.3. The SMILES string of the molecule is Cc1nc(C(F)(F)F)nc(-c2cccnc2)c1C. The van der Waals surface area contributed by atoms with Gasteiger partial charge in [0.1, 0.15) is 0 Å². The van der Waals surface area contributed by atoms with Crippen molar-refractivity contribution in [2.75, 3.05) is 0 Å². The number of halogens is 3. The van der Waals surface area contributed by atoms with Gasteiger partial charge in [0.2, 0.25) is 5.82 Å². The molecule has 0 bridgehead atoms. The summed E-state index contributed by atoms with van der Waals surface area (Å²) in [6, 6.07) is 3.32. The number of hydrogen-bond acceptors (Lipinski definition) is 3. The standard InChI is InChI=1S/C12H10F3N3/c1-7-8(2)17-11(12(13,14)15)18-10(7)9-4-3-5-16-6-9/h3-6H,1-2H3. The zero-order valence-electron chi connectivity index (χ0n) is 9.78. The van der Waals surface area contributed by atoms with E-state index in [9.17, 15) is 13.2 Å². The molecule has 0 aromatic carbocycles. The molecule has 0 amide bonds. The van der Waals surface area contributed by atoms with E-state index in [0.717, 1.165) is 0 Å². The fourth-order valence-electron chi connectivity index (χ4n) is 1.54. The summed E-state index contributed by atoms with van der Waals surface area (Å²) in [5.74, 6) is -1.12. The van der Waals surface area contributed by atoms with E-state index in [1.807, 2.05) is 0 Å². The first-order valence-electron chi connectivity index (χ1n) is 5.22. The minimum absolute atomic E-state index is 0.267. The number of hydrogen-bond donors (Lipinski definition) is 0. The fourth-order valence-corrected chi connectivity index (χ4v) is 1.54. The van der Waals surface area contributed by atoms with Crippen LogP contribution in [0.2, 0.25) is 0 Å². The van der Waals surface area contributed by atoms with E-state index in [-0.39, 0.29) is 5.69 Å². The van der Waals surface area contributed by atoms with Gasteiger partial charge in [-0.2, -0.15) is 13.2 Å². The Balaban J connectivity index is 2.64. The molecule has 2 aromatic heterocycles. The van der Waals surface area contributed by atoms with Crippen molar-refractivity contribution in [1.29, 1.82) is 0 Å². The predicted octanol–water partition coefficient (Wildman–Crippen LogP) is 3.17. The molecule has 6 heteroatoms. The first-order valence-corrected chi connectivity index (χ1v) is 5.22. The average molecular weight is 253 g/mol. The largest absolute Gasteiger partial charge is 0.451 e. The van der Waals surface area contributed by atoms with Crippen molar-refractivity contribution < 1.29 is 13.2 Å².